The number of rotatable bonds is 3. The van der Waals surface area contributed by atoms with Crippen molar-refractivity contribution in [2.24, 2.45) is 12.8 Å². The zero-order chi connectivity index (χ0) is 12.6. The molecule has 6 heteroatoms. The number of thiophene rings is 1. The molecule has 92 valence electrons. The lowest BCUT2D eigenvalue weighted by Crippen LogP contribution is -2.37. The number of aromatic nitrogens is 2. The average Bonchev–Trinajstić information content (AvgIpc) is 2.82. The van der Waals surface area contributed by atoms with Crippen molar-refractivity contribution in [3.05, 3.63) is 16.6 Å². The summed E-state index contributed by atoms with van der Waals surface area (Å²) in [4.78, 5) is 13.6. The van der Waals surface area contributed by atoms with Crippen LogP contribution in [0.5, 0.6) is 0 Å². The van der Waals surface area contributed by atoms with Crippen LogP contribution >= 0.6 is 11.3 Å². The third-order valence-corrected chi connectivity index (χ3v) is 3.85. The fourth-order valence-electron chi connectivity index (χ4n) is 1.67. The summed E-state index contributed by atoms with van der Waals surface area (Å²) in [5.41, 5.74) is 6.43. The van der Waals surface area contributed by atoms with Crippen LogP contribution in [0.15, 0.2) is 6.07 Å². The van der Waals surface area contributed by atoms with Crippen molar-refractivity contribution in [2.75, 3.05) is 6.54 Å². The van der Waals surface area contributed by atoms with E-state index in [1.54, 1.807) is 4.68 Å². The molecule has 0 saturated heterocycles. The molecular formula is C11H16N4OS. The fourth-order valence-corrected chi connectivity index (χ4v) is 2.70. The number of nitrogens with zero attached hydrogens (tertiary/aromatic N) is 2. The van der Waals surface area contributed by atoms with Crippen LogP contribution in [0.4, 0.5) is 0 Å². The van der Waals surface area contributed by atoms with Crippen LogP contribution in [0, 0.1) is 6.92 Å². The quantitative estimate of drug-likeness (QED) is 0.856. The number of aryl methyl sites for hydroxylation is 2. The van der Waals surface area contributed by atoms with E-state index in [0.717, 1.165) is 15.9 Å². The van der Waals surface area contributed by atoms with Crippen LogP contribution in [0.2, 0.25) is 0 Å². The monoisotopic (exact) mass is 252 g/mol. The summed E-state index contributed by atoms with van der Waals surface area (Å²) in [5, 5.41) is 8.20. The van der Waals surface area contributed by atoms with Gasteiger partial charge in [-0.1, -0.05) is 0 Å². The second-order valence-electron chi connectivity index (χ2n) is 4.15. The van der Waals surface area contributed by atoms with Gasteiger partial charge in [-0.15, -0.1) is 11.3 Å². The molecular weight excluding hydrogens is 236 g/mol. The zero-order valence-electron chi connectivity index (χ0n) is 10.2. The summed E-state index contributed by atoms with van der Waals surface area (Å²) >= 11 is 1.45. The van der Waals surface area contributed by atoms with E-state index in [2.05, 4.69) is 10.4 Å². The molecule has 2 rings (SSSR count). The van der Waals surface area contributed by atoms with Crippen molar-refractivity contribution in [1.29, 1.82) is 0 Å². The van der Waals surface area contributed by atoms with Crippen LogP contribution in [0.3, 0.4) is 0 Å². The van der Waals surface area contributed by atoms with Gasteiger partial charge in [0.25, 0.3) is 5.91 Å². The smallest absolute Gasteiger partial charge is 0.261 e. The molecule has 3 N–H and O–H groups in total. The Balaban J connectivity index is 2.30. The number of fused-ring (bicyclic) bond motifs is 1. The first kappa shape index (κ1) is 12.1. The molecule has 0 unspecified atom stereocenters. The lowest BCUT2D eigenvalue weighted by Gasteiger charge is -2.09. The molecule has 0 spiro atoms. The average molecular weight is 252 g/mol. The van der Waals surface area contributed by atoms with E-state index in [1.165, 1.54) is 11.3 Å². The van der Waals surface area contributed by atoms with Gasteiger partial charge in [0.1, 0.15) is 4.83 Å². The topological polar surface area (TPSA) is 72.9 Å². The van der Waals surface area contributed by atoms with Crippen LogP contribution < -0.4 is 11.1 Å². The lowest BCUT2D eigenvalue weighted by molar-refractivity contribution is 0.0945. The number of amides is 1. The van der Waals surface area contributed by atoms with E-state index >= 15 is 0 Å². The minimum atomic E-state index is -0.0662. The zero-order valence-corrected chi connectivity index (χ0v) is 11.0. The molecule has 2 aromatic heterocycles. The minimum Gasteiger partial charge on any atom is -0.348 e. The van der Waals surface area contributed by atoms with E-state index in [9.17, 15) is 4.79 Å². The second-order valence-corrected chi connectivity index (χ2v) is 5.18. The summed E-state index contributed by atoms with van der Waals surface area (Å²) in [7, 11) is 1.88. The normalized spacial score (nSPS) is 12.9. The largest absolute Gasteiger partial charge is 0.348 e. The van der Waals surface area contributed by atoms with Crippen LogP contribution in [0.25, 0.3) is 10.2 Å². The molecule has 1 amide bonds. The lowest BCUT2D eigenvalue weighted by atomic mass is 10.3. The molecule has 0 aromatic carbocycles. The molecule has 0 aliphatic rings. The van der Waals surface area contributed by atoms with E-state index in [1.807, 2.05) is 27.0 Å². The number of carbonyl (C=O) groups excluding carboxylic acids is 1. The molecule has 17 heavy (non-hydrogen) atoms. The minimum absolute atomic E-state index is 0.00747. The number of hydrogen-bond donors (Lipinski definition) is 2. The number of hydrogen-bond acceptors (Lipinski definition) is 4. The summed E-state index contributed by atoms with van der Waals surface area (Å²) in [6.45, 7) is 4.27. The van der Waals surface area contributed by atoms with Gasteiger partial charge in [0.2, 0.25) is 0 Å². The Hall–Kier alpha value is -1.40. The summed E-state index contributed by atoms with van der Waals surface area (Å²) in [5.74, 6) is -0.0662. The predicted octanol–water partition coefficient (Wildman–Crippen LogP) is 1.02. The molecule has 0 aliphatic heterocycles. The third kappa shape index (κ3) is 2.18. The highest BCUT2D eigenvalue weighted by molar-refractivity contribution is 7.20. The Bertz CT molecular complexity index is 523. The molecule has 2 aromatic rings. The van der Waals surface area contributed by atoms with Crippen molar-refractivity contribution in [3.63, 3.8) is 0 Å². The van der Waals surface area contributed by atoms with Gasteiger partial charge in [0.15, 0.2) is 0 Å². The maximum absolute atomic E-state index is 11.9. The molecule has 0 fully saturated rings. The Kier molecular flexibility index (Phi) is 3.17. The summed E-state index contributed by atoms with van der Waals surface area (Å²) in [6, 6.07) is 1.88. The Morgan fingerprint density at radius 3 is 3.00 bits per heavy atom. The van der Waals surface area contributed by atoms with Crippen LogP contribution in [-0.4, -0.2) is 28.3 Å². The van der Waals surface area contributed by atoms with Gasteiger partial charge in [-0.25, -0.2) is 0 Å². The van der Waals surface area contributed by atoms with Gasteiger partial charge in [-0.2, -0.15) is 5.10 Å². The first-order valence-electron chi connectivity index (χ1n) is 5.47. The van der Waals surface area contributed by atoms with Gasteiger partial charge >= 0.3 is 0 Å². The molecule has 0 bridgehead atoms. The van der Waals surface area contributed by atoms with Crippen LogP contribution in [-0.2, 0) is 7.05 Å². The van der Waals surface area contributed by atoms with Crippen molar-refractivity contribution in [2.45, 2.75) is 19.9 Å². The molecule has 0 radical (unpaired) electrons. The van der Waals surface area contributed by atoms with Crippen molar-refractivity contribution in [1.82, 2.24) is 15.1 Å². The molecule has 0 saturated carbocycles. The molecule has 1 atom stereocenters. The Labute approximate surface area is 104 Å². The Morgan fingerprint density at radius 2 is 2.41 bits per heavy atom. The maximum atomic E-state index is 11.9. The highest BCUT2D eigenvalue weighted by atomic mass is 32.1. The van der Waals surface area contributed by atoms with Crippen molar-refractivity contribution >= 4 is 27.5 Å². The second kappa shape index (κ2) is 4.46. The predicted molar refractivity (Wildman–Crippen MR) is 69.3 cm³/mol. The maximum Gasteiger partial charge on any atom is 0.261 e. The SMILES string of the molecule is Cc1nn(C)c2sc(C(=O)N[C@@H](C)CN)cc12. The van der Waals surface area contributed by atoms with E-state index in [0.29, 0.717) is 11.4 Å². The van der Waals surface area contributed by atoms with Gasteiger partial charge in [-0.05, 0) is 19.9 Å². The van der Waals surface area contributed by atoms with Crippen LogP contribution in [0.1, 0.15) is 22.3 Å². The van der Waals surface area contributed by atoms with E-state index in [4.69, 9.17) is 5.73 Å². The van der Waals surface area contributed by atoms with Gasteiger partial charge in [0.05, 0.1) is 10.6 Å². The van der Waals surface area contributed by atoms with Gasteiger partial charge in [0, 0.05) is 25.0 Å². The number of nitrogens with one attached hydrogen (secondary N) is 1. The number of nitrogens with two attached hydrogens (primary N) is 1. The molecule has 2 heterocycles. The first-order chi connectivity index (χ1) is 8.02. The van der Waals surface area contributed by atoms with E-state index in [-0.39, 0.29) is 11.9 Å². The van der Waals surface area contributed by atoms with E-state index < -0.39 is 0 Å². The highest BCUT2D eigenvalue weighted by Crippen LogP contribution is 2.27. The van der Waals surface area contributed by atoms with Crippen molar-refractivity contribution < 1.29 is 4.79 Å². The first-order valence-corrected chi connectivity index (χ1v) is 6.28. The highest BCUT2D eigenvalue weighted by Gasteiger charge is 2.15. The summed E-state index contributed by atoms with van der Waals surface area (Å²) in [6.07, 6.45) is 0. The van der Waals surface area contributed by atoms with Crippen molar-refractivity contribution in [3.8, 4) is 0 Å². The van der Waals surface area contributed by atoms with Gasteiger partial charge < -0.3 is 11.1 Å². The standard InChI is InChI=1S/C11H16N4OS/c1-6(5-12)13-10(16)9-4-8-7(2)14-15(3)11(8)17-9/h4,6H,5,12H2,1-3H3,(H,13,16)/t6-/m0/s1. The molecule has 5 nitrogen and oxygen atoms in total. The van der Waals surface area contributed by atoms with Gasteiger partial charge in [-0.3, -0.25) is 9.48 Å². The number of carbonyl (C=O) groups is 1. The fraction of sp³-hybridized carbons (Fsp3) is 0.455. The molecule has 0 aliphatic carbocycles. The summed E-state index contributed by atoms with van der Waals surface area (Å²) < 4.78 is 1.80. The Morgan fingerprint density at radius 1 is 1.71 bits per heavy atom. The third-order valence-electron chi connectivity index (χ3n) is 2.65.